The van der Waals surface area contributed by atoms with Crippen LogP contribution in [0.3, 0.4) is 0 Å². The van der Waals surface area contributed by atoms with E-state index in [1.165, 1.54) is 0 Å². The number of rotatable bonds is 1. The highest BCUT2D eigenvalue weighted by atomic mass is 127. The first-order chi connectivity index (χ1) is 7.81. The fourth-order valence-electron chi connectivity index (χ4n) is 2.01. The molecular weight excluding hydrogens is 315 g/mol. The van der Waals surface area contributed by atoms with E-state index < -0.39 is 0 Å². The Morgan fingerprint density at radius 3 is 2.94 bits per heavy atom. The topological polar surface area (TPSA) is 26.3 Å². The lowest BCUT2D eigenvalue weighted by molar-refractivity contribution is 0.0339. The van der Waals surface area contributed by atoms with Crippen molar-refractivity contribution in [1.82, 2.24) is 0 Å². The van der Waals surface area contributed by atoms with Gasteiger partial charge in [-0.15, -0.1) is 0 Å². The number of cyclic esters (lactones) is 1. The van der Waals surface area contributed by atoms with Gasteiger partial charge in [0.25, 0.3) is 0 Å². The SMILES string of the molecule is O=C1OC(CI)CCCCc2ccccc21. The number of aryl methyl sites for hydroxylation is 1. The van der Waals surface area contributed by atoms with Gasteiger partial charge in [0, 0.05) is 4.43 Å². The molecule has 16 heavy (non-hydrogen) atoms. The molecule has 0 radical (unpaired) electrons. The van der Waals surface area contributed by atoms with Crippen molar-refractivity contribution in [2.45, 2.75) is 31.8 Å². The Bertz CT molecular complexity index is 376. The molecule has 1 aromatic carbocycles. The van der Waals surface area contributed by atoms with Crippen molar-refractivity contribution >= 4 is 28.6 Å². The van der Waals surface area contributed by atoms with Gasteiger partial charge >= 0.3 is 5.97 Å². The van der Waals surface area contributed by atoms with Crippen LogP contribution in [0.1, 0.15) is 35.2 Å². The Kier molecular flexibility index (Phi) is 4.21. The van der Waals surface area contributed by atoms with Gasteiger partial charge in [0.1, 0.15) is 6.10 Å². The summed E-state index contributed by atoms with van der Waals surface area (Å²) in [5.41, 5.74) is 1.88. The molecule has 0 saturated carbocycles. The highest BCUT2D eigenvalue weighted by molar-refractivity contribution is 14.1. The second-order valence-electron chi connectivity index (χ2n) is 4.08. The molecule has 0 aromatic heterocycles. The minimum Gasteiger partial charge on any atom is -0.458 e. The molecule has 0 aliphatic carbocycles. The van der Waals surface area contributed by atoms with Crippen LogP contribution in [-0.2, 0) is 11.2 Å². The molecule has 0 amide bonds. The molecule has 0 saturated heterocycles. The van der Waals surface area contributed by atoms with Gasteiger partial charge in [-0.3, -0.25) is 0 Å². The van der Waals surface area contributed by atoms with Gasteiger partial charge < -0.3 is 4.74 Å². The number of ether oxygens (including phenoxy) is 1. The van der Waals surface area contributed by atoms with Crippen molar-refractivity contribution in [3.63, 3.8) is 0 Å². The van der Waals surface area contributed by atoms with E-state index in [4.69, 9.17) is 4.74 Å². The van der Waals surface area contributed by atoms with Crippen molar-refractivity contribution in [3.05, 3.63) is 35.4 Å². The van der Waals surface area contributed by atoms with E-state index in [0.717, 1.165) is 41.2 Å². The number of carbonyl (C=O) groups excluding carboxylic acids is 1. The normalized spacial score (nSPS) is 21.3. The quantitative estimate of drug-likeness (QED) is 0.448. The zero-order valence-electron chi connectivity index (χ0n) is 9.12. The molecule has 86 valence electrons. The van der Waals surface area contributed by atoms with E-state index in [1.807, 2.05) is 24.3 Å². The molecule has 1 aliphatic heterocycles. The Labute approximate surface area is 110 Å². The van der Waals surface area contributed by atoms with Crippen LogP contribution in [0.5, 0.6) is 0 Å². The van der Waals surface area contributed by atoms with Crippen LogP contribution >= 0.6 is 22.6 Å². The lowest BCUT2D eigenvalue weighted by Crippen LogP contribution is -2.19. The molecule has 1 aromatic rings. The summed E-state index contributed by atoms with van der Waals surface area (Å²) >= 11 is 2.28. The van der Waals surface area contributed by atoms with Gasteiger partial charge in [-0.1, -0.05) is 40.8 Å². The van der Waals surface area contributed by atoms with E-state index in [2.05, 4.69) is 22.6 Å². The zero-order valence-corrected chi connectivity index (χ0v) is 11.3. The largest absolute Gasteiger partial charge is 0.458 e. The van der Waals surface area contributed by atoms with Gasteiger partial charge in [-0.2, -0.15) is 0 Å². The number of carbonyl (C=O) groups is 1. The molecule has 1 atom stereocenters. The maximum atomic E-state index is 12.0. The highest BCUT2D eigenvalue weighted by Crippen LogP contribution is 2.20. The van der Waals surface area contributed by atoms with Crippen LogP contribution < -0.4 is 0 Å². The van der Waals surface area contributed by atoms with Gasteiger partial charge in [0.15, 0.2) is 0 Å². The summed E-state index contributed by atoms with van der Waals surface area (Å²) in [6.45, 7) is 0. The Balaban J connectivity index is 2.26. The highest BCUT2D eigenvalue weighted by Gasteiger charge is 2.19. The summed E-state index contributed by atoms with van der Waals surface area (Å²) in [6, 6.07) is 7.78. The Hall–Kier alpha value is -0.580. The molecular formula is C13H15IO2. The third-order valence-electron chi connectivity index (χ3n) is 2.91. The summed E-state index contributed by atoms with van der Waals surface area (Å²) in [5, 5.41) is 0. The minimum atomic E-state index is -0.154. The van der Waals surface area contributed by atoms with Crippen LogP contribution in [-0.4, -0.2) is 16.5 Å². The molecule has 2 rings (SSSR count). The smallest absolute Gasteiger partial charge is 0.338 e. The average Bonchev–Trinajstić information content (AvgIpc) is 2.39. The number of benzene rings is 1. The molecule has 1 heterocycles. The summed E-state index contributed by atoms with van der Waals surface area (Å²) in [6.07, 6.45) is 4.33. The van der Waals surface area contributed by atoms with E-state index in [9.17, 15) is 4.79 Å². The molecule has 3 heteroatoms. The third kappa shape index (κ3) is 2.75. The minimum absolute atomic E-state index is 0.0826. The molecule has 1 unspecified atom stereocenters. The number of hydrogen-bond acceptors (Lipinski definition) is 2. The van der Waals surface area contributed by atoms with Crippen LogP contribution in [0.4, 0.5) is 0 Å². The Morgan fingerprint density at radius 1 is 1.31 bits per heavy atom. The second-order valence-corrected chi connectivity index (χ2v) is 4.97. The van der Waals surface area contributed by atoms with E-state index >= 15 is 0 Å². The van der Waals surface area contributed by atoms with Gasteiger partial charge in [-0.05, 0) is 37.3 Å². The summed E-state index contributed by atoms with van der Waals surface area (Å²) in [4.78, 5) is 12.0. The average molecular weight is 330 g/mol. The first-order valence-electron chi connectivity index (χ1n) is 5.66. The number of hydrogen-bond donors (Lipinski definition) is 0. The number of esters is 1. The van der Waals surface area contributed by atoms with Crippen LogP contribution in [0.15, 0.2) is 24.3 Å². The van der Waals surface area contributed by atoms with E-state index in [0.29, 0.717) is 0 Å². The van der Waals surface area contributed by atoms with Crippen LogP contribution in [0.2, 0.25) is 0 Å². The maximum absolute atomic E-state index is 12.0. The second kappa shape index (κ2) is 5.66. The first kappa shape index (κ1) is 11.9. The predicted octanol–water partition coefficient (Wildman–Crippen LogP) is 3.37. The van der Waals surface area contributed by atoms with Gasteiger partial charge in [-0.25, -0.2) is 4.79 Å². The lowest BCUT2D eigenvalue weighted by Gasteiger charge is -2.14. The zero-order chi connectivity index (χ0) is 11.4. The molecule has 0 fully saturated rings. The van der Waals surface area contributed by atoms with Crippen molar-refractivity contribution in [1.29, 1.82) is 0 Å². The first-order valence-corrected chi connectivity index (χ1v) is 7.18. The molecule has 0 N–H and O–H groups in total. The van der Waals surface area contributed by atoms with Gasteiger partial charge in [0.05, 0.1) is 5.56 Å². The van der Waals surface area contributed by atoms with Crippen molar-refractivity contribution in [2.75, 3.05) is 4.43 Å². The summed E-state index contributed by atoms with van der Waals surface area (Å²) in [5.74, 6) is -0.154. The number of fused-ring (bicyclic) bond motifs is 1. The number of halogens is 1. The van der Waals surface area contributed by atoms with E-state index in [1.54, 1.807) is 0 Å². The fourth-order valence-corrected chi connectivity index (χ4v) is 2.63. The molecule has 1 aliphatic rings. The lowest BCUT2D eigenvalue weighted by atomic mass is 10.0. The number of alkyl halides is 1. The third-order valence-corrected chi connectivity index (χ3v) is 3.89. The van der Waals surface area contributed by atoms with Crippen LogP contribution in [0, 0.1) is 0 Å². The van der Waals surface area contributed by atoms with Crippen molar-refractivity contribution in [3.8, 4) is 0 Å². The predicted molar refractivity (Wildman–Crippen MR) is 72.1 cm³/mol. The molecule has 0 bridgehead atoms. The molecule has 0 spiro atoms. The maximum Gasteiger partial charge on any atom is 0.338 e. The fraction of sp³-hybridized carbons (Fsp3) is 0.462. The summed E-state index contributed by atoms with van der Waals surface area (Å²) in [7, 11) is 0. The molecule has 2 nitrogen and oxygen atoms in total. The Morgan fingerprint density at radius 2 is 2.12 bits per heavy atom. The van der Waals surface area contributed by atoms with Crippen molar-refractivity contribution < 1.29 is 9.53 Å². The van der Waals surface area contributed by atoms with Crippen LogP contribution in [0.25, 0.3) is 0 Å². The van der Waals surface area contributed by atoms with Gasteiger partial charge in [0.2, 0.25) is 0 Å². The summed E-state index contributed by atoms with van der Waals surface area (Å²) < 4.78 is 6.38. The standard InChI is InChI=1S/C13H15IO2/c14-9-11-7-3-1-5-10-6-2-4-8-12(10)13(15)16-11/h2,4,6,8,11H,1,3,5,7,9H2. The van der Waals surface area contributed by atoms with E-state index in [-0.39, 0.29) is 12.1 Å². The van der Waals surface area contributed by atoms with Crippen molar-refractivity contribution in [2.24, 2.45) is 0 Å². The monoisotopic (exact) mass is 330 g/mol.